The van der Waals surface area contributed by atoms with Crippen molar-refractivity contribution in [3.63, 3.8) is 0 Å². The first-order valence-electron chi connectivity index (χ1n) is 16.8. The van der Waals surface area contributed by atoms with Gasteiger partial charge in [0.1, 0.15) is 5.57 Å². The zero-order valence-electron chi connectivity index (χ0n) is 26.1. The van der Waals surface area contributed by atoms with E-state index in [4.69, 9.17) is 0 Å². The molecular weight excluding hydrogens is 510 g/mol. The van der Waals surface area contributed by atoms with Crippen LogP contribution in [0, 0.1) is 0 Å². The van der Waals surface area contributed by atoms with E-state index in [-0.39, 0.29) is 5.57 Å². The lowest BCUT2D eigenvalue weighted by molar-refractivity contribution is -0.123. The van der Waals surface area contributed by atoms with E-state index < -0.39 is 17.8 Å². The molecular formula is C35H57N3O3. The van der Waals surface area contributed by atoms with Gasteiger partial charge in [0.15, 0.2) is 0 Å². The average molecular weight is 568 g/mol. The van der Waals surface area contributed by atoms with E-state index in [0.717, 1.165) is 18.7 Å². The van der Waals surface area contributed by atoms with Gasteiger partial charge in [-0.15, -0.1) is 0 Å². The number of benzene rings is 1. The van der Waals surface area contributed by atoms with Crippen LogP contribution in [-0.4, -0.2) is 30.9 Å². The lowest BCUT2D eigenvalue weighted by Gasteiger charge is -2.25. The van der Waals surface area contributed by atoms with E-state index in [1.54, 1.807) is 0 Å². The van der Waals surface area contributed by atoms with Gasteiger partial charge in [0.2, 0.25) is 0 Å². The molecule has 230 valence electrons. The van der Waals surface area contributed by atoms with E-state index in [1.165, 1.54) is 140 Å². The standard InChI is InChI=1S/C35H57N3O3/c1-3-5-7-9-11-13-15-17-19-21-27-38(28-22-20-18-16-14-12-10-8-6-4-2)31-25-23-30(24-26-31)29-32-33(39)36-35(41)37-34(32)40/h23-26,29H,3-22,27-28H2,1-2H3,(H2,36,37,39,40,41). The second-order valence-corrected chi connectivity index (χ2v) is 11.7. The summed E-state index contributed by atoms with van der Waals surface area (Å²) in [6.07, 6.45) is 28.3. The molecule has 0 bridgehead atoms. The molecule has 4 amide bonds. The molecule has 41 heavy (non-hydrogen) atoms. The molecule has 1 heterocycles. The topological polar surface area (TPSA) is 78.5 Å². The predicted molar refractivity (Wildman–Crippen MR) is 172 cm³/mol. The number of barbiturate groups is 1. The Kier molecular flexibility index (Phi) is 18.6. The molecule has 1 aromatic carbocycles. The molecule has 2 N–H and O–H groups in total. The van der Waals surface area contributed by atoms with Crippen molar-refractivity contribution in [2.45, 2.75) is 142 Å². The molecule has 0 aliphatic carbocycles. The number of nitrogens with zero attached hydrogens (tertiary/aromatic N) is 1. The molecule has 1 saturated heterocycles. The Labute approximate surface area is 250 Å². The van der Waals surface area contributed by atoms with Crippen molar-refractivity contribution in [1.82, 2.24) is 10.6 Å². The number of nitrogens with one attached hydrogen (secondary N) is 2. The van der Waals surface area contributed by atoms with Crippen LogP contribution in [0.3, 0.4) is 0 Å². The van der Waals surface area contributed by atoms with Gasteiger partial charge in [-0.25, -0.2) is 4.79 Å². The summed E-state index contributed by atoms with van der Waals surface area (Å²) in [7, 11) is 0. The Hall–Kier alpha value is -2.63. The fourth-order valence-electron chi connectivity index (χ4n) is 5.50. The third kappa shape index (κ3) is 15.2. The smallest absolute Gasteiger partial charge is 0.328 e. The third-order valence-corrected chi connectivity index (χ3v) is 8.08. The summed E-state index contributed by atoms with van der Waals surface area (Å²) < 4.78 is 0. The minimum absolute atomic E-state index is 0.0510. The Morgan fingerprint density at radius 1 is 0.537 bits per heavy atom. The molecule has 1 aromatic rings. The van der Waals surface area contributed by atoms with Crippen molar-refractivity contribution in [3.05, 3.63) is 35.4 Å². The number of urea groups is 1. The Morgan fingerprint density at radius 2 is 0.902 bits per heavy atom. The van der Waals surface area contributed by atoms with Gasteiger partial charge in [-0.2, -0.15) is 0 Å². The number of carbonyl (C=O) groups is 3. The van der Waals surface area contributed by atoms with E-state index >= 15 is 0 Å². The number of carbonyl (C=O) groups excluding carboxylic acids is 3. The van der Waals surface area contributed by atoms with Crippen molar-refractivity contribution in [3.8, 4) is 0 Å². The first-order valence-corrected chi connectivity index (χ1v) is 16.8. The van der Waals surface area contributed by atoms with Crippen molar-refractivity contribution in [1.29, 1.82) is 0 Å². The second-order valence-electron chi connectivity index (χ2n) is 11.7. The van der Waals surface area contributed by atoms with Crippen LogP contribution in [0.5, 0.6) is 0 Å². The number of rotatable bonds is 24. The number of hydrogen-bond acceptors (Lipinski definition) is 4. The normalized spacial score (nSPS) is 13.3. The highest BCUT2D eigenvalue weighted by molar-refractivity contribution is 6.31. The van der Waals surface area contributed by atoms with Crippen LogP contribution in [0.15, 0.2) is 29.8 Å². The predicted octanol–water partition coefficient (Wildman–Crippen LogP) is 9.08. The molecule has 0 aromatic heterocycles. The molecule has 6 nitrogen and oxygen atoms in total. The highest BCUT2D eigenvalue weighted by atomic mass is 16.2. The second kappa shape index (κ2) is 22.0. The Morgan fingerprint density at radius 3 is 1.29 bits per heavy atom. The van der Waals surface area contributed by atoms with E-state index in [0.29, 0.717) is 0 Å². The SMILES string of the molecule is CCCCCCCCCCCCN(CCCCCCCCCCCC)c1ccc(C=C2C(=O)NC(=O)NC2=O)cc1. The minimum atomic E-state index is -0.776. The zero-order chi connectivity index (χ0) is 29.5. The maximum absolute atomic E-state index is 12.1. The number of hydrogen-bond donors (Lipinski definition) is 2. The first-order chi connectivity index (χ1) is 20.0. The maximum atomic E-state index is 12.1. The molecule has 0 unspecified atom stereocenters. The number of anilines is 1. The van der Waals surface area contributed by atoms with Crippen LogP contribution >= 0.6 is 0 Å². The van der Waals surface area contributed by atoms with Crippen molar-refractivity contribution >= 4 is 29.6 Å². The summed E-state index contributed by atoms with van der Waals surface area (Å²) in [5.74, 6) is -1.32. The highest BCUT2D eigenvalue weighted by Gasteiger charge is 2.27. The maximum Gasteiger partial charge on any atom is 0.328 e. The van der Waals surface area contributed by atoms with Gasteiger partial charge in [0, 0.05) is 18.8 Å². The summed E-state index contributed by atoms with van der Waals surface area (Å²) in [5.41, 5.74) is 1.90. The van der Waals surface area contributed by atoms with Crippen LogP contribution in [0.25, 0.3) is 6.08 Å². The molecule has 1 aliphatic rings. The molecule has 0 spiro atoms. The van der Waals surface area contributed by atoms with E-state index in [2.05, 4.69) is 41.5 Å². The van der Waals surface area contributed by atoms with Crippen LogP contribution in [-0.2, 0) is 9.59 Å². The van der Waals surface area contributed by atoms with Crippen LogP contribution in [0.2, 0.25) is 0 Å². The lowest BCUT2D eigenvalue weighted by Crippen LogP contribution is -2.51. The lowest BCUT2D eigenvalue weighted by atomic mass is 10.1. The molecule has 1 fully saturated rings. The zero-order valence-corrected chi connectivity index (χ0v) is 26.1. The molecule has 0 saturated carbocycles. The summed E-state index contributed by atoms with van der Waals surface area (Å²) in [6.45, 7) is 6.66. The van der Waals surface area contributed by atoms with Gasteiger partial charge in [-0.3, -0.25) is 20.2 Å². The Balaban J connectivity index is 1.82. The summed E-state index contributed by atoms with van der Waals surface area (Å²) in [5, 5.41) is 4.26. The highest BCUT2D eigenvalue weighted by Crippen LogP contribution is 2.20. The van der Waals surface area contributed by atoms with Crippen molar-refractivity contribution in [2.75, 3.05) is 18.0 Å². The minimum Gasteiger partial charge on any atom is -0.372 e. The third-order valence-electron chi connectivity index (χ3n) is 8.08. The number of amides is 4. The number of unbranched alkanes of at least 4 members (excludes halogenated alkanes) is 18. The summed E-state index contributed by atoms with van der Waals surface area (Å²) in [6, 6.07) is 7.29. The fourth-order valence-corrected chi connectivity index (χ4v) is 5.50. The van der Waals surface area contributed by atoms with Gasteiger partial charge >= 0.3 is 6.03 Å². The fraction of sp³-hybridized carbons (Fsp3) is 0.686. The molecule has 1 aliphatic heterocycles. The van der Waals surface area contributed by atoms with Gasteiger partial charge in [-0.05, 0) is 36.6 Å². The largest absolute Gasteiger partial charge is 0.372 e. The van der Waals surface area contributed by atoms with Gasteiger partial charge in [0.25, 0.3) is 11.8 Å². The van der Waals surface area contributed by atoms with Crippen LogP contribution in [0.4, 0.5) is 10.5 Å². The molecule has 0 atom stereocenters. The average Bonchev–Trinajstić information content (AvgIpc) is 2.96. The molecule has 0 radical (unpaired) electrons. The quantitative estimate of drug-likeness (QED) is 0.0742. The van der Waals surface area contributed by atoms with Gasteiger partial charge in [0.05, 0.1) is 0 Å². The van der Waals surface area contributed by atoms with E-state index in [9.17, 15) is 14.4 Å². The molecule has 6 heteroatoms. The molecule has 2 rings (SSSR count). The van der Waals surface area contributed by atoms with Crippen molar-refractivity contribution < 1.29 is 14.4 Å². The first kappa shape index (κ1) is 34.6. The monoisotopic (exact) mass is 567 g/mol. The summed E-state index contributed by atoms with van der Waals surface area (Å²) in [4.78, 5) is 38.0. The van der Waals surface area contributed by atoms with E-state index in [1.807, 2.05) is 12.1 Å². The van der Waals surface area contributed by atoms with Gasteiger partial charge in [-0.1, -0.05) is 142 Å². The Bertz CT molecular complexity index is 864. The van der Waals surface area contributed by atoms with Crippen molar-refractivity contribution in [2.24, 2.45) is 0 Å². The summed E-state index contributed by atoms with van der Waals surface area (Å²) >= 11 is 0. The van der Waals surface area contributed by atoms with Crippen LogP contribution < -0.4 is 15.5 Å². The van der Waals surface area contributed by atoms with Crippen LogP contribution in [0.1, 0.15) is 148 Å². The number of imide groups is 2. The van der Waals surface area contributed by atoms with Gasteiger partial charge < -0.3 is 4.90 Å².